The number of carbonyl (C=O) groups excluding carboxylic acids is 3. The van der Waals surface area contributed by atoms with Gasteiger partial charge in [-0.05, 0) is 126 Å². The van der Waals surface area contributed by atoms with Gasteiger partial charge in [0.2, 0.25) is 0 Å². The van der Waals surface area contributed by atoms with E-state index in [1.165, 1.54) is 80.0 Å². The van der Waals surface area contributed by atoms with Gasteiger partial charge in [-0.1, -0.05) is 36.3 Å². The molecule has 4 heterocycles. The smallest absolute Gasteiger partial charge is 0.416 e. The predicted molar refractivity (Wildman–Crippen MR) is 308 cm³/mol. The molecular weight excluding hydrogens is 1320 g/mol. The van der Waals surface area contributed by atoms with Crippen LogP contribution in [0.2, 0.25) is 0 Å². The average Bonchev–Trinajstić information content (AvgIpc) is 3.62. The van der Waals surface area contributed by atoms with E-state index in [9.17, 15) is 84.2 Å². The molecule has 0 aliphatic heterocycles. The number of esters is 1. The van der Waals surface area contributed by atoms with Gasteiger partial charge in [0.25, 0.3) is 29.0 Å². The fourth-order valence-electron chi connectivity index (χ4n) is 4.95. The van der Waals surface area contributed by atoms with Crippen LogP contribution in [0, 0.1) is 44.3 Å². The van der Waals surface area contributed by atoms with Gasteiger partial charge in [0.15, 0.2) is 6.20 Å². The summed E-state index contributed by atoms with van der Waals surface area (Å²) in [6.45, 7) is 10.2. The molecule has 0 aliphatic carbocycles. The van der Waals surface area contributed by atoms with E-state index < -0.39 is 61.8 Å². The van der Waals surface area contributed by atoms with Crippen LogP contribution in [-0.4, -0.2) is 59.1 Å². The SMILES string of the molecule is C.C.C.C.CCOC(C)=O.Nc1ccc(C(=O)Nc2ccc(C(F)(F)F)cc2)nc1.Nc1ccc(C(F)(F)F)cc1.O=C(Nc1ccc(C(F)(F)F)cc1)c1ccc([N+](=O)[O-])cn1.O=[N+]([O-])c1ccc(Br)nc1.[C-]#[N+]c1ccc([N+](=O)[O-])cn1.[CH3-].[HH].[Pd]. The number of nitrogen functional groups attached to an aromatic ring is 2. The van der Waals surface area contributed by atoms with Crippen LogP contribution < -0.4 is 22.1 Å². The standard InChI is InChI=1S/C13H8F3N3O3.C13H10F3N3O.C7H6F3N.C6H3N3O2.C5H3BrN2O2.C4H8O2.4CH4.CH3.Pd.H2/c14-13(15,16)8-1-3-9(4-2-8)18-12(20)11-6-5-10(7-17-11)19(21)22;14-13(15,16)8-1-4-10(5-2-8)19-12(20)11-6-3-9(17)7-18-11;8-7(9,10)5-1-3-6(11)4-2-5;1-7-6-3-2-5(4-8-6)9(10)11;6-5-2-1-4(3-7-5)8(9)10;1-3-6-4(2)5;;;;;;;/h1-7H,(H,18,20);1-7H,17H2,(H,19,20);1-4H,11H2;2-4H;1-3H;3H2,1-2H3;4*1H4;1H3;;1H/q;;;;;;;;;;-1;;. The molecule has 6 N–H and O–H groups in total. The third-order valence-corrected chi connectivity index (χ3v) is 9.19. The van der Waals surface area contributed by atoms with E-state index in [1.807, 2.05) is 0 Å². The van der Waals surface area contributed by atoms with Crippen LogP contribution in [0.25, 0.3) is 4.85 Å². The Morgan fingerprint density at radius 1 is 0.558 bits per heavy atom. The Kier molecular flexibility index (Phi) is 40.3. The maximum absolute atomic E-state index is 12.4. The molecule has 22 nitrogen and oxygen atoms in total. The third-order valence-electron chi connectivity index (χ3n) is 8.72. The average molecular weight is 1380 g/mol. The molecule has 7 rings (SSSR count). The Hall–Kier alpha value is -9.53. The van der Waals surface area contributed by atoms with Crippen LogP contribution in [-0.2, 0) is 48.5 Å². The van der Waals surface area contributed by atoms with Gasteiger partial charge in [-0.25, -0.2) is 15.0 Å². The van der Waals surface area contributed by atoms with Crippen molar-refractivity contribution in [2.24, 2.45) is 0 Å². The molecular formula is C53H59BrF9N12O10Pd-. The topological polar surface area (TPSA) is 322 Å². The molecule has 7 aromatic rings. The molecule has 0 spiro atoms. The van der Waals surface area contributed by atoms with E-state index in [1.54, 1.807) is 6.92 Å². The number of halogens is 10. The van der Waals surface area contributed by atoms with Crippen LogP contribution in [0.5, 0.6) is 0 Å². The Morgan fingerprint density at radius 2 is 0.884 bits per heavy atom. The number of nitro groups is 3. The van der Waals surface area contributed by atoms with Gasteiger partial charge in [0.1, 0.15) is 28.4 Å². The first kappa shape index (κ1) is 85.3. The van der Waals surface area contributed by atoms with E-state index in [0.717, 1.165) is 73.1 Å². The molecule has 0 bridgehead atoms. The molecule has 0 saturated heterocycles. The molecule has 0 unspecified atom stereocenters. The van der Waals surface area contributed by atoms with Crippen molar-refractivity contribution in [3.63, 3.8) is 0 Å². The van der Waals surface area contributed by atoms with Gasteiger partial charge >= 0.3 is 30.2 Å². The van der Waals surface area contributed by atoms with Crippen molar-refractivity contribution < 1.29 is 95.3 Å². The fourth-order valence-corrected chi connectivity index (χ4v) is 5.18. The van der Waals surface area contributed by atoms with Gasteiger partial charge in [0.05, 0.1) is 50.0 Å². The van der Waals surface area contributed by atoms with Gasteiger partial charge in [-0.2, -0.15) is 39.5 Å². The number of anilines is 4. The summed E-state index contributed by atoms with van der Waals surface area (Å²) in [5, 5.41) is 35.4. The Balaban J connectivity index is -0.000000233. The van der Waals surface area contributed by atoms with Crippen molar-refractivity contribution in [2.75, 3.05) is 28.7 Å². The normalized spacial score (nSPS) is 9.62. The molecule has 33 heteroatoms. The number of nitrogens with two attached hydrogens (primary N) is 2. The zero-order valence-electron chi connectivity index (χ0n) is 42.0. The van der Waals surface area contributed by atoms with Crippen molar-refractivity contribution in [2.45, 2.75) is 62.1 Å². The van der Waals surface area contributed by atoms with Crippen molar-refractivity contribution >= 4 is 79.3 Å². The van der Waals surface area contributed by atoms with Crippen molar-refractivity contribution in [1.29, 1.82) is 0 Å². The molecule has 4 aromatic heterocycles. The van der Waals surface area contributed by atoms with Crippen LogP contribution in [0.1, 0.15) is 82.6 Å². The molecule has 0 aliphatic rings. The van der Waals surface area contributed by atoms with Crippen molar-refractivity contribution in [1.82, 2.24) is 19.9 Å². The summed E-state index contributed by atoms with van der Waals surface area (Å²) in [5.41, 5.74) is 9.16. The molecule has 0 saturated carbocycles. The number of carbonyl (C=O) groups is 3. The second kappa shape index (κ2) is 40.7. The van der Waals surface area contributed by atoms with Crippen molar-refractivity contribution in [3.05, 3.63) is 228 Å². The number of ether oxygens (including phenoxy) is 1. The number of aromatic nitrogens is 4. The largest absolute Gasteiger partial charge is 0.466 e. The van der Waals surface area contributed by atoms with E-state index in [-0.39, 0.29) is 111 Å². The van der Waals surface area contributed by atoms with Crippen molar-refractivity contribution in [3.8, 4) is 0 Å². The number of alkyl halides is 9. The molecule has 3 aromatic carbocycles. The first-order chi connectivity index (χ1) is 37.3. The quantitative estimate of drug-likeness (QED) is 0.0161. The predicted octanol–water partition coefficient (Wildman–Crippen LogP) is 15.6. The molecule has 0 fully saturated rings. The molecule has 0 atom stereocenters. The number of nitrogens with zero attached hydrogens (tertiary/aromatic N) is 8. The molecule has 2 amide bonds. The first-order valence-electron chi connectivity index (χ1n) is 21.4. The Morgan fingerprint density at radius 3 is 1.14 bits per heavy atom. The summed E-state index contributed by atoms with van der Waals surface area (Å²) >= 11 is 3.06. The van der Waals surface area contributed by atoms with E-state index in [2.05, 4.69) is 56.1 Å². The zero-order chi connectivity index (χ0) is 60.4. The third kappa shape index (κ3) is 32.4. The van der Waals surface area contributed by atoms with E-state index >= 15 is 0 Å². The minimum Gasteiger partial charge on any atom is -0.466 e. The summed E-state index contributed by atoms with van der Waals surface area (Å²) in [6, 6.07) is 23.0. The molecule has 0 radical (unpaired) electrons. The van der Waals surface area contributed by atoms with Gasteiger partial charge < -0.3 is 39.1 Å². The van der Waals surface area contributed by atoms with Crippen LogP contribution in [0.15, 0.2) is 151 Å². The number of hydrogen-bond acceptors (Lipinski definition) is 16. The summed E-state index contributed by atoms with van der Waals surface area (Å²) in [7, 11) is 0. The zero-order valence-corrected chi connectivity index (χ0v) is 45.1. The first-order valence-corrected chi connectivity index (χ1v) is 22.2. The number of amides is 2. The summed E-state index contributed by atoms with van der Waals surface area (Å²) in [5.74, 6) is -1.26. The minimum absolute atomic E-state index is 0. The van der Waals surface area contributed by atoms with E-state index in [0.29, 0.717) is 22.6 Å². The second-order valence-corrected chi connectivity index (χ2v) is 15.4. The van der Waals surface area contributed by atoms with Gasteiger partial charge in [0, 0.05) is 64.0 Å². The molecule has 472 valence electrons. The Labute approximate surface area is 511 Å². The monoisotopic (exact) mass is 1380 g/mol. The number of pyridine rings is 4. The van der Waals surface area contributed by atoms with Crippen LogP contribution >= 0.6 is 15.9 Å². The maximum atomic E-state index is 12.4. The molecule has 86 heavy (non-hydrogen) atoms. The van der Waals surface area contributed by atoms with Crippen LogP contribution in [0.4, 0.5) is 85.1 Å². The fraction of sp³-hybridized carbons (Fsp3) is 0.189. The number of rotatable bonds is 8. The van der Waals surface area contributed by atoms with E-state index in [4.69, 9.17) is 18.0 Å². The summed E-state index contributed by atoms with van der Waals surface area (Å²) in [6.07, 6.45) is -8.63. The van der Waals surface area contributed by atoms with Gasteiger partial charge in [-0.15, -0.1) is 4.98 Å². The number of nitrogens with one attached hydrogen (secondary N) is 2. The Bertz CT molecular complexity index is 3210. The van der Waals surface area contributed by atoms with Crippen LogP contribution in [0.3, 0.4) is 0 Å². The minimum atomic E-state index is -4.46. The second-order valence-electron chi connectivity index (χ2n) is 14.6. The number of benzene rings is 3. The maximum Gasteiger partial charge on any atom is 0.416 e. The summed E-state index contributed by atoms with van der Waals surface area (Å²) < 4.78 is 115. The van der Waals surface area contributed by atoms with Gasteiger partial charge in [-0.3, -0.25) is 44.7 Å². The summed E-state index contributed by atoms with van der Waals surface area (Å²) in [4.78, 5) is 79.9. The number of hydrogen-bond donors (Lipinski definition) is 4.